The minimum Gasteiger partial charge on any atom is -0.197 e. The van der Waals surface area contributed by atoms with E-state index in [0.29, 0.717) is 16.5 Å². The molecule has 1 saturated heterocycles. The summed E-state index contributed by atoms with van der Waals surface area (Å²) in [7, 11) is 0. The van der Waals surface area contributed by atoms with Crippen molar-refractivity contribution in [3.8, 4) is 6.07 Å². The van der Waals surface area contributed by atoms with Gasteiger partial charge in [0, 0.05) is 6.42 Å². The van der Waals surface area contributed by atoms with Crippen LogP contribution in [0.1, 0.15) is 18.4 Å². The summed E-state index contributed by atoms with van der Waals surface area (Å²) in [4.78, 5) is 0. The first-order chi connectivity index (χ1) is 7.67. The number of halogens is 2. The molecule has 0 radical (unpaired) electrons. The summed E-state index contributed by atoms with van der Waals surface area (Å²) in [6.45, 7) is 0. The molecule has 1 atom stereocenters. The number of hydrogen-bond acceptors (Lipinski definition) is 2. The van der Waals surface area contributed by atoms with Crippen molar-refractivity contribution in [2.45, 2.75) is 24.0 Å². The van der Waals surface area contributed by atoms with Crippen LogP contribution in [0.5, 0.6) is 0 Å². The molecule has 1 aromatic carbocycles. The van der Waals surface area contributed by atoms with Gasteiger partial charge in [-0.3, -0.25) is 0 Å². The first-order valence-electron chi connectivity index (χ1n) is 5.15. The maximum atomic E-state index is 9.29. The molecule has 1 fully saturated rings. The van der Waals surface area contributed by atoms with Gasteiger partial charge in [0.1, 0.15) is 4.75 Å². The summed E-state index contributed by atoms with van der Waals surface area (Å²) in [6.07, 6.45) is 2.74. The van der Waals surface area contributed by atoms with E-state index in [0.717, 1.165) is 24.2 Å². The number of rotatable bonds is 2. The van der Waals surface area contributed by atoms with Crippen molar-refractivity contribution in [3.05, 3.63) is 33.8 Å². The van der Waals surface area contributed by atoms with Gasteiger partial charge in [0.15, 0.2) is 0 Å². The summed E-state index contributed by atoms with van der Waals surface area (Å²) in [5, 5.41) is 10.4. The lowest BCUT2D eigenvalue weighted by molar-refractivity contribution is 0.672. The first-order valence-corrected chi connectivity index (χ1v) is 6.89. The van der Waals surface area contributed by atoms with E-state index in [1.807, 2.05) is 12.1 Å². The van der Waals surface area contributed by atoms with Gasteiger partial charge >= 0.3 is 0 Å². The molecule has 4 heteroatoms. The highest BCUT2D eigenvalue weighted by atomic mass is 35.5. The third-order valence-corrected chi connectivity index (χ3v) is 5.16. The second-order valence-corrected chi connectivity index (χ2v) is 6.21. The highest BCUT2D eigenvalue weighted by Gasteiger charge is 2.35. The Morgan fingerprint density at radius 3 is 2.88 bits per heavy atom. The van der Waals surface area contributed by atoms with Gasteiger partial charge in [-0.25, -0.2) is 0 Å². The lowest BCUT2D eigenvalue weighted by atomic mass is 9.96. The van der Waals surface area contributed by atoms with Gasteiger partial charge in [0.25, 0.3) is 0 Å². The third kappa shape index (κ3) is 2.32. The summed E-state index contributed by atoms with van der Waals surface area (Å²) in [5.41, 5.74) is 0.977. The van der Waals surface area contributed by atoms with Crippen molar-refractivity contribution in [1.82, 2.24) is 0 Å². The topological polar surface area (TPSA) is 23.8 Å². The van der Waals surface area contributed by atoms with Crippen LogP contribution >= 0.6 is 35.0 Å². The Kier molecular flexibility index (Phi) is 3.69. The summed E-state index contributed by atoms with van der Waals surface area (Å²) < 4.78 is -0.297. The average molecular weight is 272 g/mol. The third-order valence-electron chi connectivity index (χ3n) is 2.81. The van der Waals surface area contributed by atoms with Crippen LogP contribution in [0, 0.1) is 11.3 Å². The Morgan fingerprint density at radius 2 is 2.25 bits per heavy atom. The van der Waals surface area contributed by atoms with E-state index in [2.05, 4.69) is 6.07 Å². The highest BCUT2D eigenvalue weighted by molar-refractivity contribution is 8.01. The smallest absolute Gasteiger partial charge is 0.106 e. The van der Waals surface area contributed by atoms with Crippen molar-refractivity contribution in [2.24, 2.45) is 0 Å². The molecule has 1 heterocycles. The van der Waals surface area contributed by atoms with Gasteiger partial charge in [-0.15, -0.1) is 11.8 Å². The van der Waals surface area contributed by atoms with E-state index in [-0.39, 0.29) is 4.75 Å². The molecule has 1 aliphatic rings. The number of hydrogen-bond donors (Lipinski definition) is 0. The zero-order valence-electron chi connectivity index (χ0n) is 8.67. The van der Waals surface area contributed by atoms with Crippen molar-refractivity contribution in [1.29, 1.82) is 5.26 Å². The molecule has 0 aromatic heterocycles. The van der Waals surface area contributed by atoms with Gasteiger partial charge in [0.2, 0.25) is 0 Å². The van der Waals surface area contributed by atoms with Crippen LogP contribution in [-0.2, 0) is 6.42 Å². The summed E-state index contributed by atoms with van der Waals surface area (Å²) in [6, 6.07) is 8.04. The lowest BCUT2D eigenvalue weighted by Crippen LogP contribution is -2.21. The largest absolute Gasteiger partial charge is 0.197 e. The van der Waals surface area contributed by atoms with Crippen LogP contribution in [-0.4, -0.2) is 10.5 Å². The minimum atomic E-state index is -0.297. The van der Waals surface area contributed by atoms with Gasteiger partial charge in [-0.2, -0.15) is 5.26 Å². The van der Waals surface area contributed by atoms with E-state index in [4.69, 9.17) is 23.2 Å². The van der Waals surface area contributed by atoms with Crippen LogP contribution in [0.2, 0.25) is 10.0 Å². The summed E-state index contributed by atoms with van der Waals surface area (Å²) in [5.74, 6) is 1.06. The van der Waals surface area contributed by atoms with E-state index in [1.54, 1.807) is 17.8 Å². The van der Waals surface area contributed by atoms with E-state index in [9.17, 15) is 5.26 Å². The Balaban J connectivity index is 2.27. The predicted octanol–water partition coefficient (Wildman–Crippen LogP) is 4.33. The van der Waals surface area contributed by atoms with Crippen LogP contribution in [0.4, 0.5) is 0 Å². The molecule has 0 spiro atoms. The Morgan fingerprint density at radius 1 is 1.44 bits per heavy atom. The van der Waals surface area contributed by atoms with Crippen LogP contribution in [0.3, 0.4) is 0 Å². The van der Waals surface area contributed by atoms with Crippen molar-refractivity contribution in [2.75, 3.05) is 5.75 Å². The predicted molar refractivity (Wildman–Crippen MR) is 70.2 cm³/mol. The van der Waals surface area contributed by atoms with E-state index >= 15 is 0 Å². The number of nitrogens with zero attached hydrogens (tertiary/aromatic N) is 1. The van der Waals surface area contributed by atoms with Gasteiger partial charge in [0.05, 0.1) is 16.1 Å². The van der Waals surface area contributed by atoms with Gasteiger partial charge in [-0.1, -0.05) is 35.3 Å². The molecule has 16 heavy (non-hydrogen) atoms. The molecule has 0 saturated carbocycles. The van der Waals surface area contributed by atoms with Crippen LogP contribution in [0.25, 0.3) is 0 Å². The molecule has 1 aromatic rings. The maximum Gasteiger partial charge on any atom is 0.106 e. The fraction of sp³-hybridized carbons (Fsp3) is 0.417. The van der Waals surface area contributed by atoms with Crippen molar-refractivity contribution in [3.63, 3.8) is 0 Å². The zero-order chi connectivity index (χ0) is 11.6. The number of nitriles is 1. The SMILES string of the molecule is N#CC1(Cc2cccc(Cl)c2Cl)CCCS1. The molecule has 1 nitrogen and oxygen atoms in total. The lowest BCUT2D eigenvalue weighted by Gasteiger charge is -2.20. The monoisotopic (exact) mass is 271 g/mol. The molecule has 0 bridgehead atoms. The quantitative estimate of drug-likeness (QED) is 0.800. The van der Waals surface area contributed by atoms with E-state index in [1.165, 1.54) is 0 Å². The summed E-state index contributed by atoms with van der Waals surface area (Å²) >= 11 is 13.8. The Hall–Kier alpha value is -0.360. The maximum absolute atomic E-state index is 9.29. The first kappa shape index (κ1) is 12.1. The van der Waals surface area contributed by atoms with Gasteiger partial charge < -0.3 is 0 Å². The molecule has 1 aliphatic heterocycles. The zero-order valence-corrected chi connectivity index (χ0v) is 11.0. The highest BCUT2D eigenvalue weighted by Crippen LogP contribution is 2.42. The van der Waals surface area contributed by atoms with Gasteiger partial charge in [-0.05, 0) is 30.2 Å². The second kappa shape index (κ2) is 4.87. The second-order valence-electron chi connectivity index (χ2n) is 3.95. The molecular weight excluding hydrogens is 261 g/mol. The normalized spacial score (nSPS) is 24.3. The fourth-order valence-electron chi connectivity index (χ4n) is 1.96. The number of thioether (sulfide) groups is 1. The molecule has 2 rings (SSSR count). The van der Waals surface area contributed by atoms with Crippen LogP contribution in [0.15, 0.2) is 18.2 Å². The minimum absolute atomic E-state index is 0.297. The Bertz CT molecular complexity index is 433. The standard InChI is InChI=1S/C12H11Cl2NS/c13-10-4-1-3-9(11(10)14)7-12(8-15)5-2-6-16-12/h1,3-4H,2,5-7H2. The van der Waals surface area contributed by atoms with E-state index < -0.39 is 0 Å². The molecular formula is C12H11Cl2NS. The molecule has 0 amide bonds. The number of benzene rings is 1. The Labute approximate surface area is 110 Å². The van der Waals surface area contributed by atoms with Crippen molar-refractivity contribution >= 4 is 35.0 Å². The molecule has 0 aliphatic carbocycles. The molecule has 84 valence electrons. The average Bonchev–Trinajstić information content (AvgIpc) is 2.74. The van der Waals surface area contributed by atoms with Crippen molar-refractivity contribution < 1.29 is 0 Å². The molecule has 0 N–H and O–H groups in total. The van der Waals surface area contributed by atoms with Crippen LogP contribution < -0.4 is 0 Å². The fourth-order valence-corrected chi connectivity index (χ4v) is 3.63. The molecule has 1 unspecified atom stereocenters.